The minimum Gasteiger partial charge on any atom is -0.320 e. The Bertz CT molecular complexity index is 1310. The fourth-order valence-corrected chi connectivity index (χ4v) is 7.16. The lowest BCUT2D eigenvalue weighted by molar-refractivity contribution is 0.102. The van der Waals surface area contributed by atoms with Crippen LogP contribution in [-0.2, 0) is 22.9 Å². The molecule has 1 N–H and O–H groups in total. The van der Waals surface area contributed by atoms with Crippen LogP contribution in [0, 0.1) is 5.82 Å². The van der Waals surface area contributed by atoms with E-state index in [-0.39, 0.29) is 5.01 Å². The molecule has 1 aliphatic heterocycles. The van der Waals surface area contributed by atoms with Gasteiger partial charge in [0.1, 0.15) is 10.8 Å². The predicted octanol–water partition coefficient (Wildman–Crippen LogP) is 4.33. The summed E-state index contributed by atoms with van der Waals surface area (Å²) in [6.45, 7) is 0.397. The van der Waals surface area contributed by atoms with Crippen LogP contribution in [0.4, 0.5) is 10.1 Å². The van der Waals surface area contributed by atoms with Gasteiger partial charge in [-0.2, -0.15) is 4.31 Å². The number of halogens is 1. The van der Waals surface area contributed by atoms with Crippen molar-refractivity contribution in [3.63, 3.8) is 0 Å². The third-order valence-corrected chi connectivity index (χ3v) is 9.06. The maximum absolute atomic E-state index is 13.5. The average molecular weight is 487 g/mol. The minimum absolute atomic E-state index is 0.104. The van der Waals surface area contributed by atoms with E-state index in [2.05, 4.69) is 15.5 Å². The van der Waals surface area contributed by atoms with Crippen molar-refractivity contribution >= 4 is 33.0 Å². The van der Waals surface area contributed by atoms with Crippen molar-refractivity contribution in [3.8, 4) is 0 Å². The van der Waals surface area contributed by atoms with Crippen molar-refractivity contribution in [2.75, 3.05) is 11.9 Å². The standard InChI is InChI=1S/C23H23FN4O3S2/c24-17-7-3-8-18(14-17)25-21(29)23-27-26-22(32-23)20-9-4-12-28(20)33(30,31)19-11-10-15-5-1-2-6-16(15)13-19/h3,7-8,10-11,13-14,20H,1-2,4-6,9,12H2,(H,25,29)/t20-/m1/s1. The molecular formula is C23H23FN4O3S2. The first kappa shape index (κ1) is 22.1. The van der Waals surface area contributed by atoms with Crippen molar-refractivity contribution in [1.82, 2.24) is 14.5 Å². The molecule has 33 heavy (non-hydrogen) atoms. The fourth-order valence-electron chi connectivity index (χ4n) is 4.49. The number of amides is 1. The molecule has 1 amide bonds. The molecule has 5 rings (SSSR count). The van der Waals surface area contributed by atoms with Crippen LogP contribution in [0.15, 0.2) is 47.4 Å². The maximum Gasteiger partial charge on any atom is 0.286 e. The first-order valence-electron chi connectivity index (χ1n) is 11.0. The van der Waals surface area contributed by atoms with Gasteiger partial charge < -0.3 is 5.32 Å². The predicted molar refractivity (Wildman–Crippen MR) is 123 cm³/mol. The van der Waals surface area contributed by atoms with Crippen LogP contribution in [0.5, 0.6) is 0 Å². The zero-order valence-corrected chi connectivity index (χ0v) is 19.5. The van der Waals surface area contributed by atoms with E-state index in [1.54, 1.807) is 12.1 Å². The molecule has 0 bridgehead atoms. The Balaban J connectivity index is 1.37. The molecule has 1 fully saturated rings. The lowest BCUT2D eigenvalue weighted by Crippen LogP contribution is -2.30. The largest absolute Gasteiger partial charge is 0.320 e. The highest BCUT2D eigenvalue weighted by Gasteiger charge is 2.38. The number of hydrogen-bond donors (Lipinski definition) is 1. The van der Waals surface area contributed by atoms with Crippen molar-refractivity contribution in [1.29, 1.82) is 0 Å². The summed E-state index contributed by atoms with van der Waals surface area (Å²) in [7, 11) is -3.70. The van der Waals surface area contributed by atoms with Gasteiger partial charge in [-0.15, -0.1) is 10.2 Å². The molecule has 3 aromatic rings. The van der Waals surface area contributed by atoms with E-state index in [1.165, 1.54) is 28.1 Å². The summed E-state index contributed by atoms with van der Waals surface area (Å²) in [5.74, 6) is -0.967. The van der Waals surface area contributed by atoms with Gasteiger partial charge >= 0.3 is 0 Å². The Morgan fingerprint density at radius 3 is 2.70 bits per heavy atom. The molecule has 0 unspecified atom stereocenters. The summed E-state index contributed by atoms with van der Waals surface area (Å²) in [5, 5.41) is 11.3. The van der Waals surface area contributed by atoms with Gasteiger partial charge in [0.2, 0.25) is 15.0 Å². The smallest absolute Gasteiger partial charge is 0.286 e. The van der Waals surface area contributed by atoms with Gasteiger partial charge in [0.25, 0.3) is 5.91 Å². The first-order valence-corrected chi connectivity index (χ1v) is 13.2. The Kier molecular flexibility index (Phi) is 5.98. The lowest BCUT2D eigenvalue weighted by atomic mass is 9.92. The number of fused-ring (bicyclic) bond motifs is 1. The maximum atomic E-state index is 13.5. The summed E-state index contributed by atoms with van der Waals surface area (Å²) < 4.78 is 41.8. The van der Waals surface area contributed by atoms with Crippen LogP contribution in [0.3, 0.4) is 0 Å². The van der Waals surface area contributed by atoms with E-state index in [1.807, 2.05) is 12.1 Å². The van der Waals surface area contributed by atoms with E-state index in [4.69, 9.17) is 0 Å². The van der Waals surface area contributed by atoms with E-state index in [0.717, 1.165) is 42.6 Å². The highest BCUT2D eigenvalue weighted by Crippen LogP contribution is 2.38. The number of hydrogen-bond acceptors (Lipinski definition) is 6. The molecule has 1 aromatic heterocycles. The number of anilines is 1. The van der Waals surface area contributed by atoms with Gasteiger partial charge in [0, 0.05) is 12.2 Å². The van der Waals surface area contributed by atoms with Gasteiger partial charge in [-0.25, -0.2) is 12.8 Å². The molecule has 2 aliphatic rings. The second-order valence-electron chi connectivity index (χ2n) is 8.32. The number of aromatic nitrogens is 2. The summed E-state index contributed by atoms with van der Waals surface area (Å²) in [5.41, 5.74) is 2.66. The van der Waals surface area contributed by atoms with Crippen LogP contribution in [0.2, 0.25) is 0 Å². The SMILES string of the molecule is O=C(Nc1cccc(F)c1)c1nnc([C@H]2CCCN2S(=O)(=O)c2ccc3c(c2)CCCC3)s1. The van der Waals surface area contributed by atoms with E-state index in [9.17, 15) is 17.6 Å². The number of nitrogens with zero attached hydrogens (tertiary/aromatic N) is 3. The number of carbonyl (C=O) groups is 1. The Morgan fingerprint density at radius 2 is 1.88 bits per heavy atom. The molecule has 1 saturated heterocycles. The molecule has 0 spiro atoms. The number of nitrogens with one attached hydrogen (secondary N) is 1. The molecule has 1 atom stereocenters. The van der Waals surface area contributed by atoms with Crippen LogP contribution >= 0.6 is 11.3 Å². The molecule has 1 aliphatic carbocycles. The number of aryl methyl sites for hydroxylation is 2. The number of carbonyl (C=O) groups excluding carboxylic acids is 1. The molecule has 7 nitrogen and oxygen atoms in total. The zero-order valence-electron chi connectivity index (χ0n) is 17.8. The van der Waals surface area contributed by atoms with Crippen molar-refractivity contribution in [2.24, 2.45) is 0 Å². The van der Waals surface area contributed by atoms with Crippen LogP contribution < -0.4 is 5.32 Å². The molecule has 172 valence electrons. The Morgan fingerprint density at radius 1 is 1.06 bits per heavy atom. The monoisotopic (exact) mass is 486 g/mol. The van der Waals surface area contributed by atoms with E-state index >= 15 is 0 Å². The third kappa shape index (κ3) is 4.42. The lowest BCUT2D eigenvalue weighted by Gasteiger charge is -2.23. The number of rotatable bonds is 5. The van der Waals surface area contributed by atoms with Crippen LogP contribution in [-0.4, -0.2) is 35.4 Å². The molecular weight excluding hydrogens is 463 g/mol. The van der Waals surface area contributed by atoms with Gasteiger partial charge in [0.15, 0.2) is 0 Å². The fraction of sp³-hybridized carbons (Fsp3) is 0.348. The quantitative estimate of drug-likeness (QED) is 0.579. The van der Waals surface area contributed by atoms with E-state index in [0.29, 0.717) is 35.0 Å². The molecule has 10 heteroatoms. The summed E-state index contributed by atoms with van der Waals surface area (Å²) in [4.78, 5) is 12.8. The number of benzene rings is 2. The zero-order chi connectivity index (χ0) is 23.0. The third-order valence-electron chi connectivity index (χ3n) is 6.13. The van der Waals surface area contributed by atoms with E-state index < -0.39 is 27.8 Å². The molecule has 2 aromatic carbocycles. The van der Waals surface area contributed by atoms with Gasteiger partial charge in [-0.1, -0.05) is 23.5 Å². The normalized spacial score (nSPS) is 18.8. The molecule has 0 radical (unpaired) electrons. The topological polar surface area (TPSA) is 92.3 Å². The van der Waals surface area contributed by atoms with Crippen LogP contribution in [0.1, 0.15) is 57.7 Å². The van der Waals surface area contributed by atoms with Gasteiger partial charge in [-0.05, 0) is 80.0 Å². The number of sulfonamides is 1. The van der Waals surface area contributed by atoms with Crippen molar-refractivity contribution in [2.45, 2.75) is 49.5 Å². The Hall–Kier alpha value is -2.69. The first-order chi connectivity index (χ1) is 15.9. The highest BCUT2D eigenvalue weighted by atomic mass is 32.2. The van der Waals surface area contributed by atoms with Gasteiger partial charge in [0.05, 0.1) is 10.9 Å². The van der Waals surface area contributed by atoms with Crippen molar-refractivity contribution < 1.29 is 17.6 Å². The molecule has 2 heterocycles. The second-order valence-corrected chi connectivity index (χ2v) is 11.2. The highest BCUT2D eigenvalue weighted by molar-refractivity contribution is 7.89. The minimum atomic E-state index is -3.70. The summed E-state index contributed by atoms with van der Waals surface area (Å²) >= 11 is 1.07. The second kappa shape index (κ2) is 8.92. The van der Waals surface area contributed by atoms with Crippen molar-refractivity contribution in [3.05, 3.63) is 69.4 Å². The van der Waals surface area contributed by atoms with Crippen LogP contribution in [0.25, 0.3) is 0 Å². The Labute approximate surface area is 195 Å². The summed E-state index contributed by atoms with van der Waals surface area (Å²) in [6.07, 6.45) is 5.44. The average Bonchev–Trinajstić information content (AvgIpc) is 3.49. The molecule has 0 saturated carbocycles. The van der Waals surface area contributed by atoms with Gasteiger partial charge in [-0.3, -0.25) is 4.79 Å². The summed E-state index contributed by atoms with van der Waals surface area (Å²) in [6, 6.07) is 10.6.